The summed E-state index contributed by atoms with van der Waals surface area (Å²) in [6.07, 6.45) is 0.402. The van der Waals surface area contributed by atoms with Crippen LogP contribution in [0.2, 0.25) is 0 Å². The van der Waals surface area contributed by atoms with Gasteiger partial charge in [-0.15, -0.1) is 0 Å². The Morgan fingerprint density at radius 2 is 1.82 bits per heavy atom. The number of carbonyl (C=O) groups excluding carboxylic acids is 2. The van der Waals surface area contributed by atoms with E-state index < -0.39 is 29.5 Å². The highest BCUT2D eigenvalue weighted by Gasteiger charge is 2.40. The van der Waals surface area contributed by atoms with Crippen LogP contribution in [0.4, 0.5) is 27.4 Å². The summed E-state index contributed by atoms with van der Waals surface area (Å²) in [6.45, 7) is 3.58. The molecule has 2 N–H and O–H groups in total. The third kappa shape index (κ3) is 5.21. The van der Waals surface area contributed by atoms with Crippen LogP contribution >= 0.6 is 0 Å². The maximum atomic E-state index is 13.3. The molecule has 5 rings (SSSR count). The molecule has 0 spiro atoms. The molecule has 1 aliphatic heterocycles. The van der Waals surface area contributed by atoms with E-state index in [0.29, 0.717) is 34.1 Å². The molecular weight excluding hydrogens is 515 g/mol. The maximum Gasteiger partial charge on any atom is 0.341 e. The molecule has 0 saturated carbocycles. The van der Waals surface area contributed by atoms with Crippen molar-refractivity contribution >= 4 is 34.9 Å². The molecule has 0 aliphatic carbocycles. The Hall–Kier alpha value is -4.83. The van der Waals surface area contributed by atoms with Gasteiger partial charge in [-0.2, -0.15) is 0 Å². The SMILES string of the molecule is COC(=O)c1cnc(N(c2ccccc2)c2ccc3c(n2)C(C)(C)OC3=O)cc1NC[C@H](O)c1ccc(F)cc1. The number of rotatable bonds is 8. The van der Waals surface area contributed by atoms with E-state index in [1.54, 1.807) is 36.9 Å². The molecule has 0 radical (unpaired) electrons. The van der Waals surface area contributed by atoms with Gasteiger partial charge in [0.15, 0.2) is 0 Å². The number of benzene rings is 2. The Morgan fingerprint density at radius 1 is 1.10 bits per heavy atom. The number of methoxy groups -OCH3 is 1. The Kier molecular flexibility index (Phi) is 7.19. The molecule has 2 aromatic carbocycles. The summed E-state index contributed by atoms with van der Waals surface area (Å²) in [7, 11) is 1.27. The van der Waals surface area contributed by atoms with Crippen molar-refractivity contribution in [2.75, 3.05) is 23.9 Å². The Morgan fingerprint density at radius 3 is 2.52 bits per heavy atom. The molecule has 0 amide bonds. The number of aliphatic hydroxyl groups excluding tert-OH is 1. The number of para-hydroxylation sites is 1. The molecule has 0 bridgehead atoms. The molecule has 0 fully saturated rings. The van der Waals surface area contributed by atoms with Gasteiger partial charge in [-0.1, -0.05) is 30.3 Å². The number of fused-ring (bicyclic) bond motifs is 1. The summed E-state index contributed by atoms with van der Waals surface area (Å²) in [5.41, 5.74) is 1.75. The highest BCUT2D eigenvalue weighted by molar-refractivity contribution is 5.96. The van der Waals surface area contributed by atoms with E-state index in [-0.39, 0.29) is 12.1 Å². The minimum absolute atomic E-state index is 0.0230. The summed E-state index contributed by atoms with van der Waals surface area (Å²) in [5.74, 6) is -0.564. The number of pyridine rings is 2. The third-order valence-electron chi connectivity index (χ3n) is 6.53. The number of aromatic nitrogens is 2. The first kappa shape index (κ1) is 26.8. The van der Waals surface area contributed by atoms with Gasteiger partial charge < -0.3 is 19.9 Å². The van der Waals surface area contributed by atoms with Gasteiger partial charge in [-0.3, -0.25) is 4.90 Å². The van der Waals surface area contributed by atoms with Gasteiger partial charge in [0.2, 0.25) is 0 Å². The van der Waals surface area contributed by atoms with Crippen LogP contribution in [0.25, 0.3) is 0 Å². The smallest absolute Gasteiger partial charge is 0.341 e. The van der Waals surface area contributed by atoms with Crippen molar-refractivity contribution in [3.8, 4) is 0 Å². The van der Waals surface area contributed by atoms with Crippen LogP contribution < -0.4 is 10.2 Å². The predicted molar refractivity (Wildman–Crippen MR) is 146 cm³/mol. The van der Waals surface area contributed by atoms with E-state index >= 15 is 0 Å². The average molecular weight is 543 g/mol. The van der Waals surface area contributed by atoms with E-state index in [4.69, 9.17) is 14.5 Å². The minimum Gasteiger partial charge on any atom is -0.465 e. The topological polar surface area (TPSA) is 114 Å². The number of aliphatic hydroxyl groups is 1. The lowest BCUT2D eigenvalue weighted by atomic mass is 10.0. The lowest BCUT2D eigenvalue weighted by molar-refractivity contribution is 0.00831. The molecule has 2 aromatic heterocycles. The standard InChI is InChI=1S/C30H27FN4O5/c1-30(2)27-21(29(38)40-30)13-14-25(34-27)35(20-7-5-4-6-8-20)26-15-23(22(16-33-26)28(37)39-3)32-17-24(36)18-9-11-19(31)12-10-18/h4-16,24,36H,17H2,1-3H3,(H,32,33)/t24-/m0/s1. The second-order valence-electron chi connectivity index (χ2n) is 9.66. The molecule has 4 aromatic rings. The number of hydrogen-bond acceptors (Lipinski definition) is 9. The van der Waals surface area contributed by atoms with Crippen molar-refractivity contribution in [1.29, 1.82) is 0 Å². The van der Waals surface area contributed by atoms with Crippen LogP contribution in [0, 0.1) is 5.82 Å². The number of hydrogen-bond donors (Lipinski definition) is 2. The Balaban J connectivity index is 1.56. The zero-order valence-electron chi connectivity index (χ0n) is 22.1. The molecule has 9 nitrogen and oxygen atoms in total. The van der Waals surface area contributed by atoms with Crippen molar-refractivity contribution < 1.29 is 28.6 Å². The van der Waals surface area contributed by atoms with Gasteiger partial charge in [0.1, 0.15) is 34.3 Å². The summed E-state index contributed by atoms with van der Waals surface area (Å²) in [6, 6.07) is 19.9. The Bertz CT molecular complexity index is 1560. The van der Waals surface area contributed by atoms with Crippen molar-refractivity contribution in [2.24, 2.45) is 0 Å². The molecule has 1 aliphatic rings. The van der Waals surface area contributed by atoms with E-state index in [9.17, 15) is 19.1 Å². The number of halogens is 1. The van der Waals surface area contributed by atoms with Crippen LogP contribution in [-0.2, 0) is 15.1 Å². The zero-order valence-corrected chi connectivity index (χ0v) is 22.1. The number of esters is 2. The van der Waals surface area contributed by atoms with E-state index in [0.717, 1.165) is 5.69 Å². The summed E-state index contributed by atoms with van der Waals surface area (Å²) in [4.78, 5) is 36.0. The van der Waals surface area contributed by atoms with Crippen LogP contribution in [-0.4, -0.2) is 40.7 Å². The molecular formula is C30H27FN4O5. The van der Waals surface area contributed by atoms with Gasteiger partial charge in [0, 0.05) is 24.5 Å². The predicted octanol–water partition coefficient (Wildman–Crippen LogP) is 5.42. The molecule has 10 heteroatoms. The maximum absolute atomic E-state index is 13.3. The van der Waals surface area contributed by atoms with E-state index in [1.807, 2.05) is 30.3 Å². The minimum atomic E-state index is -0.980. The first-order valence-electron chi connectivity index (χ1n) is 12.5. The molecule has 0 saturated heterocycles. The highest BCUT2D eigenvalue weighted by atomic mass is 19.1. The first-order valence-corrected chi connectivity index (χ1v) is 12.5. The summed E-state index contributed by atoms with van der Waals surface area (Å²) < 4.78 is 23.8. The first-order chi connectivity index (χ1) is 19.2. The van der Waals surface area contributed by atoms with E-state index in [1.165, 1.54) is 37.6 Å². The van der Waals surface area contributed by atoms with Crippen molar-refractivity contribution in [3.05, 3.63) is 107 Å². The van der Waals surface area contributed by atoms with Crippen LogP contribution in [0.15, 0.2) is 79.0 Å². The fourth-order valence-electron chi connectivity index (χ4n) is 4.49. The van der Waals surface area contributed by atoms with Crippen LogP contribution in [0.5, 0.6) is 0 Å². The van der Waals surface area contributed by atoms with Gasteiger partial charge in [0.05, 0.1) is 24.5 Å². The number of nitrogens with zero attached hydrogens (tertiary/aromatic N) is 3. The largest absolute Gasteiger partial charge is 0.465 e. The van der Waals surface area contributed by atoms with Gasteiger partial charge >= 0.3 is 11.9 Å². The van der Waals surface area contributed by atoms with Crippen molar-refractivity contribution in [1.82, 2.24) is 9.97 Å². The summed E-state index contributed by atoms with van der Waals surface area (Å²) in [5, 5.41) is 13.8. The lowest BCUT2D eigenvalue weighted by Crippen LogP contribution is -2.20. The monoisotopic (exact) mass is 542 g/mol. The molecule has 40 heavy (non-hydrogen) atoms. The molecule has 204 valence electrons. The lowest BCUT2D eigenvalue weighted by Gasteiger charge is -2.26. The number of carbonyl (C=O) groups is 2. The Labute approximate surface area is 230 Å². The van der Waals surface area contributed by atoms with Crippen LogP contribution in [0.1, 0.15) is 51.9 Å². The second-order valence-corrected chi connectivity index (χ2v) is 9.66. The fourth-order valence-corrected chi connectivity index (χ4v) is 4.49. The number of nitrogens with one attached hydrogen (secondary N) is 1. The summed E-state index contributed by atoms with van der Waals surface area (Å²) >= 11 is 0. The van der Waals surface area contributed by atoms with E-state index in [2.05, 4.69) is 10.3 Å². The van der Waals surface area contributed by atoms with Crippen LogP contribution in [0.3, 0.4) is 0 Å². The number of ether oxygens (including phenoxy) is 2. The number of cyclic esters (lactones) is 1. The van der Waals surface area contributed by atoms with Gasteiger partial charge in [0.25, 0.3) is 0 Å². The number of anilines is 4. The fraction of sp³-hybridized carbons (Fsp3) is 0.200. The quantitative estimate of drug-likeness (QED) is 0.282. The molecule has 3 heterocycles. The highest BCUT2D eigenvalue weighted by Crippen LogP contribution is 2.39. The van der Waals surface area contributed by atoms with Gasteiger partial charge in [-0.25, -0.2) is 23.9 Å². The van der Waals surface area contributed by atoms with Crippen molar-refractivity contribution in [2.45, 2.75) is 25.6 Å². The zero-order chi connectivity index (χ0) is 28.4. The normalized spacial score (nSPS) is 14.2. The van der Waals surface area contributed by atoms with Gasteiger partial charge in [-0.05, 0) is 55.8 Å². The average Bonchev–Trinajstić information content (AvgIpc) is 3.19. The molecule has 0 unspecified atom stereocenters. The second kappa shape index (κ2) is 10.7. The molecule has 1 atom stereocenters. The van der Waals surface area contributed by atoms with Crippen molar-refractivity contribution in [3.63, 3.8) is 0 Å². The third-order valence-corrected chi connectivity index (χ3v) is 6.53.